The van der Waals surface area contributed by atoms with Crippen LogP contribution in [0.5, 0.6) is 0 Å². The lowest BCUT2D eigenvalue weighted by molar-refractivity contribution is 0.218. The normalized spacial score (nSPS) is 17.0. The summed E-state index contributed by atoms with van der Waals surface area (Å²) >= 11 is 8.22. The van der Waals surface area contributed by atoms with E-state index in [1.165, 1.54) is 27.8 Å². The number of fused-ring (bicyclic) bond motifs is 3. The van der Waals surface area contributed by atoms with Crippen LogP contribution in [-0.2, 0) is 19.4 Å². The van der Waals surface area contributed by atoms with Crippen molar-refractivity contribution >= 4 is 39.0 Å². The summed E-state index contributed by atoms with van der Waals surface area (Å²) in [5.74, 6) is 1.70. The minimum absolute atomic E-state index is 0.311. The van der Waals surface area contributed by atoms with E-state index in [4.69, 9.17) is 16.6 Å². The number of halogens is 1. The van der Waals surface area contributed by atoms with Crippen molar-refractivity contribution in [2.24, 2.45) is 11.3 Å². The summed E-state index contributed by atoms with van der Waals surface area (Å²) in [5, 5.41) is 1.57. The molecule has 0 amide bonds. The molecule has 0 fully saturated rings. The lowest BCUT2D eigenvalue weighted by Crippen LogP contribution is -2.31. The first-order chi connectivity index (χ1) is 13.7. The number of anilines is 1. The molecule has 0 aliphatic heterocycles. The predicted molar refractivity (Wildman–Crippen MR) is 125 cm³/mol. The molecule has 0 spiro atoms. The van der Waals surface area contributed by atoms with Gasteiger partial charge in [-0.1, -0.05) is 51.1 Å². The van der Waals surface area contributed by atoms with Crippen molar-refractivity contribution in [1.29, 1.82) is 0 Å². The summed E-state index contributed by atoms with van der Waals surface area (Å²) in [7, 11) is 0. The number of aromatic nitrogens is 2. The highest BCUT2D eigenvalue weighted by molar-refractivity contribution is 7.19. The van der Waals surface area contributed by atoms with Gasteiger partial charge in [0.15, 0.2) is 0 Å². The molecule has 0 N–H and O–H groups in total. The molecule has 0 bridgehead atoms. The summed E-state index contributed by atoms with van der Waals surface area (Å²) in [4.78, 5) is 14.3. The van der Waals surface area contributed by atoms with Crippen molar-refractivity contribution < 1.29 is 0 Å². The van der Waals surface area contributed by atoms with Gasteiger partial charge in [-0.15, -0.1) is 11.3 Å². The van der Waals surface area contributed by atoms with Crippen LogP contribution < -0.4 is 4.90 Å². The van der Waals surface area contributed by atoms with Crippen molar-refractivity contribution in [3.05, 3.63) is 51.6 Å². The predicted octanol–water partition coefficient (Wildman–Crippen LogP) is 6.91. The molecular weight excluding hydrogens is 398 g/mol. The zero-order valence-corrected chi connectivity index (χ0v) is 19.6. The lowest BCUT2D eigenvalue weighted by atomic mass is 9.72. The third-order valence-corrected chi connectivity index (χ3v) is 7.50. The first-order valence-corrected chi connectivity index (χ1v) is 11.7. The van der Waals surface area contributed by atoms with Gasteiger partial charge in [-0.05, 0) is 67.2 Å². The molecule has 1 aliphatic rings. The van der Waals surface area contributed by atoms with Crippen molar-refractivity contribution in [2.75, 3.05) is 4.90 Å². The molecular formula is C24H30ClN3S. The molecule has 3 nitrogen and oxygen atoms in total. The van der Waals surface area contributed by atoms with E-state index in [0.717, 1.165) is 30.0 Å². The fraction of sp³-hybridized carbons (Fsp3) is 0.500. The van der Waals surface area contributed by atoms with Gasteiger partial charge in [-0.2, -0.15) is 4.98 Å². The van der Waals surface area contributed by atoms with Crippen molar-refractivity contribution in [2.45, 2.75) is 66.5 Å². The fourth-order valence-electron chi connectivity index (χ4n) is 4.36. The molecule has 0 saturated carbocycles. The van der Waals surface area contributed by atoms with Gasteiger partial charge in [0.1, 0.15) is 10.6 Å². The largest absolute Gasteiger partial charge is 0.349 e. The average Bonchev–Trinajstić information content (AvgIpc) is 3.02. The molecule has 1 unspecified atom stereocenters. The number of thiophene rings is 1. The SMILES string of the molecule is CC(C)N(Cc1ccccc1)c1nc(Cl)nc2sc3c(c12)CCC(C(C)(C)C)C3. The molecule has 1 atom stereocenters. The van der Waals surface area contributed by atoms with Crippen molar-refractivity contribution in [1.82, 2.24) is 9.97 Å². The van der Waals surface area contributed by atoms with E-state index in [2.05, 4.69) is 74.8 Å². The number of aryl methyl sites for hydroxylation is 1. The molecule has 2 heterocycles. The second-order valence-corrected chi connectivity index (χ2v) is 10.9. The highest BCUT2D eigenvalue weighted by Crippen LogP contribution is 2.45. The summed E-state index contributed by atoms with van der Waals surface area (Å²) in [6.45, 7) is 12.3. The topological polar surface area (TPSA) is 29.0 Å². The number of hydrogen-bond donors (Lipinski definition) is 0. The Morgan fingerprint density at radius 2 is 1.90 bits per heavy atom. The molecule has 0 radical (unpaired) electrons. The number of nitrogens with zero attached hydrogens (tertiary/aromatic N) is 3. The number of benzene rings is 1. The smallest absolute Gasteiger partial charge is 0.225 e. The highest BCUT2D eigenvalue weighted by atomic mass is 35.5. The van der Waals surface area contributed by atoms with E-state index in [1.807, 2.05) is 11.3 Å². The van der Waals surface area contributed by atoms with Crippen LogP contribution in [0.4, 0.5) is 5.82 Å². The number of hydrogen-bond acceptors (Lipinski definition) is 4. The molecule has 5 heteroatoms. The Bertz CT molecular complexity index is 1000. The van der Waals surface area contributed by atoms with Gasteiger partial charge < -0.3 is 4.90 Å². The van der Waals surface area contributed by atoms with Crippen LogP contribution >= 0.6 is 22.9 Å². The van der Waals surface area contributed by atoms with Gasteiger partial charge >= 0.3 is 0 Å². The minimum atomic E-state index is 0.311. The maximum absolute atomic E-state index is 6.40. The molecule has 29 heavy (non-hydrogen) atoms. The molecule has 4 rings (SSSR count). The number of rotatable bonds is 4. The molecule has 0 saturated heterocycles. The fourth-order valence-corrected chi connectivity index (χ4v) is 5.87. The van der Waals surface area contributed by atoms with Crippen molar-refractivity contribution in [3.63, 3.8) is 0 Å². The van der Waals surface area contributed by atoms with Gasteiger partial charge in [0.2, 0.25) is 5.28 Å². The third-order valence-electron chi connectivity index (χ3n) is 6.18. The molecule has 2 aromatic heterocycles. The standard InChI is InChI=1S/C24H30ClN3S/c1-15(2)28(14-16-9-7-6-8-10-16)21-20-18-12-11-17(24(3,4)5)13-19(18)29-22(20)27-23(25)26-21/h6-10,15,17H,11-14H2,1-5H3. The molecule has 1 aromatic carbocycles. The Balaban J connectivity index is 1.81. The second-order valence-electron chi connectivity index (χ2n) is 9.51. The van der Waals surface area contributed by atoms with Gasteiger partial charge in [0.05, 0.1) is 5.39 Å². The summed E-state index contributed by atoms with van der Waals surface area (Å²) in [6.07, 6.45) is 3.47. The van der Waals surface area contributed by atoms with Crippen LogP contribution in [0.2, 0.25) is 5.28 Å². The quantitative estimate of drug-likeness (QED) is 0.423. The Kier molecular flexibility index (Phi) is 5.60. The zero-order chi connectivity index (χ0) is 20.8. The van der Waals surface area contributed by atoms with Crippen LogP contribution in [0.25, 0.3) is 10.2 Å². The van der Waals surface area contributed by atoms with E-state index >= 15 is 0 Å². The van der Waals surface area contributed by atoms with E-state index < -0.39 is 0 Å². The van der Waals surface area contributed by atoms with E-state index in [-0.39, 0.29) is 0 Å². The van der Waals surface area contributed by atoms with Gasteiger partial charge in [0, 0.05) is 17.5 Å². The van der Waals surface area contributed by atoms with Crippen LogP contribution in [0, 0.1) is 11.3 Å². The van der Waals surface area contributed by atoms with Crippen LogP contribution in [-0.4, -0.2) is 16.0 Å². The Hall–Kier alpha value is -1.65. The minimum Gasteiger partial charge on any atom is -0.349 e. The lowest BCUT2D eigenvalue weighted by Gasteiger charge is -2.34. The summed E-state index contributed by atoms with van der Waals surface area (Å²) < 4.78 is 0. The van der Waals surface area contributed by atoms with E-state index in [0.29, 0.717) is 22.7 Å². The Morgan fingerprint density at radius 1 is 1.17 bits per heavy atom. The molecule has 1 aliphatic carbocycles. The zero-order valence-electron chi connectivity index (χ0n) is 18.0. The highest BCUT2D eigenvalue weighted by Gasteiger charge is 2.32. The second kappa shape index (κ2) is 7.88. The maximum Gasteiger partial charge on any atom is 0.225 e. The first-order valence-electron chi connectivity index (χ1n) is 10.5. The van der Waals surface area contributed by atoms with E-state index in [1.54, 1.807) is 0 Å². The summed E-state index contributed by atoms with van der Waals surface area (Å²) in [6, 6.07) is 10.9. The van der Waals surface area contributed by atoms with Gasteiger partial charge in [-0.25, -0.2) is 4.98 Å². The van der Waals surface area contributed by atoms with Gasteiger partial charge in [-0.3, -0.25) is 0 Å². The summed E-state index contributed by atoms with van der Waals surface area (Å²) in [5.41, 5.74) is 3.06. The maximum atomic E-state index is 6.40. The molecule has 154 valence electrons. The first kappa shape index (κ1) is 20.6. The van der Waals surface area contributed by atoms with Crippen LogP contribution in [0.15, 0.2) is 30.3 Å². The Labute approximate surface area is 183 Å². The monoisotopic (exact) mass is 427 g/mol. The average molecular weight is 428 g/mol. The molecule has 3 aromatic rings. The van der Waals surface area contributed by atoms with Crippen LogP contribution in [0.1, 0.15) is 57.0 Å². The van der Waals surface area contributed by atoms with Crippen molar-refractivity contribution in [3.8, 4) is 0 Å². The Morgan fingerprint density at radius 3 is 2.55 bits per heavy atom. The van der Waals surface area contributed by atoms with Crippen LogP contribution in [0.3, 0.4) is 0 Å². The van der Waals surface area contributed by atoms with Gasteiger partial charge in [0.25, 0.3) is 0 Å². The van der Waals surface area contributed by atoms with E-state index in [9.17, 15) is 0 Å². The third kappa shape index (κ3) is 4.15.